The number of anilines is 1. The van der Waals surface area contributed by atoms with Gasteiger partial charge in [0, 0.05) is 24.1 Å². The number of hydrogen-bond donors (Lipinski definition) is 1. The first kappa shape index (κ1) is 16.6. The standard InChI is InChI=1S/C19H18N4O2S/c1-3-4-5-8-23-13-6-7-21-18(20)17(13)22-19(23)26-16-10-15-14(9-12(16)2)24-11-25-15/h1,6-7,9-10H,4-5,8,11H2,2H3,(H2,20,21). The second kappa shape index (κ2) is 6.81. The highest BCUT2D eigenvalue weighted by molar-refractivity contribution is 7.99. The average Bonchev–Trinajstić information content (AvgIpc) is 3.21. The number of nitrogen functional groups attached to an aromatic ring is 1. The highest BCUT2D eigenvalue weighted by Gasteiger charge is 2.19. The Hall–Kier alpha value is -2.85. The van der Waals surface area contributed by atoms with Gasteiger partial charge in [0.15, 0.2) is 22.5 Å². The molecule has 0 saturated heterocycles. The van der Waals surface area contributed by atoms with E-state index in [1.54, 1.807) is 18.0 Å². The summed E-state index contributed by atoms with van der Waals surface area (Å²) >= 11 is 1.58. The molecule has 2 aromatic heterocycles. The monoisotopic (exact) mass is 366 g/mol. The van der Waals surface area contributed by atoms with Crippen molar-refractivity contribution in [2.75, 3.05) is 12.5 Å². The summed E-state index contributed by atoms with van der Waals surface area (Å²) in [6.07, 6.45) is 8.70. The van der Waals surface area contributed by atoms with Crippen LogP contribution >= 0.6 is 11.8 Å². The molecule has 0 unspecified atom stereocenters. The van der Waals surface area contributed by atoms with Crippen LogP contribution < -0.4 is 15.2 Å². The third-order valence-corrected chi connectivity index (χ3v) is 5.39. The van der Waals surface area contributed by atoms with Crippen LogP contribution in [0.25, 0.3) is 11.0 Å². The predicted molar refractivity (Wildman–Crippen MR) is 101 cm³/mol. The molecule has 0 spiro atoms. The van der Waals surface area contributed by atoms with Crippen LogP contribution in [0.4, 0.5) is 5.82 Å². The average molecular weight is 366 g/mol. The molecule has 4 rings (SSSR count). The highest BCUT2D eigenvalue weighted by Crippen LogP contribution is 2.41. The first-order valence-corrected chi connectivity index (χ1v) is 9.11. The number of fused-ring (bicyclic) bond motifs is 2. The Balaban J connectivity index is 1.75. The third kappa shape index (κ3) is 2.93. The second-order valence-electron chi connectivity index (χ2n) is 5.99. The van der Waals surface area contributed by atoms with Gasteiger partial charge in [-0.05, 0) is 37.1 Å². The van der Waals surface area contributed by atoms with Gasteiger partial charge in [0.25, 0.3) is 0 Å². The second-order valence-corrected chi connectivity index (χ2v) is 7.00. The summed E-state index contributed by atoms with van der Waals surface area (Å²) in [6.45, 7) is 3.08. The lowest BCUT2D eigenvalue weighted by Gasteiger charge is -2.10. The number of aryl methyl sites for hydroxylation is 2. The van der Waals surface area contributed by atoms with Crippen molar-refractivity contribution in [1.82, 2.24) is 14.5 Å². The minimum atomic E-state index is 0.260. The molecule has 1 aliphatic rings. The lowest BCUT2D eigenvalue weighted by molar-refractivity contribution is 0.174. The van der Waals surface area contributed by atoms with Gasteiger partial charge < -0.3 is 19.8 Å². The third-order valence-electron chi connectivity index (χ3n) is 4.23. The van der Waals surface area contributed by atoms with E-state index in [-0.39, 0.29) is 6.79 Å². The Kier molecular flexibility index (Phi) is 4.35. The van der Waals surface area contributed by atoms with Gasteiger partial charge in [0.2, 0.25) is 6.79 Å². The highest BCUT2D eigenvalue weighted by atomic mass is 32.2. The molecule has 6 nitrogen and oxygen atoms in total. The Bertz CT molecular complexity index is 1020. The van der Waals surface area contributed by atoms with Crippen LogP contribution in [0.1, 0.15) is 18.4 Å². The molecule has 132 valence electrons. The largest absolute Gasteiger partial charge is 0.454 e. The molecule has 7 heteroatoms. The van der Waals surface area contributed by atoms with E-state index >= 15 is 0 Å². The quantitative estimate of drug-likeness (QED) is 0.549. The molecule has 26 heavy (non-hydrogen) atoms. The molecule has 2 N–H and O–H groups in total. The molecule has 1 aromatic carbocycles. The Morgan fingerprint density at radius 2 is 2.15 bits per heavy atom. The molecule has 3 aromatic rings. The normalized spacial score (nSPS) is 12.5. The number of aromatic nitrogens is 3. The molecule has 0 bridgehead atoms. The fourth-order valence-corrected chi connectivity index (χ4v) is 3.94. The van der Waals surface area contributed by atoms with Gasteiger partial charge in [0.1, 0.15) is 5.52 Å². The van der Waals surface area contributed by atoms with E-state index in [4.69, 9.17) is 26.6 Å². The summed E-state index contributed by atoms with van der Waals surface area (Å²) in [5, 5.41) is 0.860. The van der Waals surface area contributed by atoms with Crippen LogP contribution in [0.5, 0.6) is 11.5 Å². The number of nitrogens with two attached hydrogens (primary N) is 1. The van der Waals surface area contributed by atoms with Crippen LogP contribution in [-0.2, 0) is 6.54 Å². The van der Waals surface area contributed by atoms with E-state index in [1.165, 1.54) is 0 Å². The van der Waals surface area contributed by atoms with Crippen molar-refractivity contribution in [1.29, 1.82) is 0 Å². The van der Waals surface area contributed by atoms with Crippen LogP contribution in [0.15, 0.2) is 34.4 Å². The van der Waals surface area contributed by atoms with Crippen molar-refractivity contribution >= 4 is 28.6 Å². The zero-order valence-corrected chi connectivity index (χ0v) is 15.2. The Morgan fingerprint density at radius 1 is 1.35 bits per heavy atom. The molecule has 0 amide bonds. The van der Waals surface area contributed by atoms with Crippen LogP contribution in [0.2, 0.25) is 0 Å². The molecule has 0 radical (unpaired) electrons. The predicted octanol–water partition coefficient (Wildman–Crippen LogP) is 3.62. The van der Waals surface area contributed by atoms with Crippen molar-refractivity contribution in [3.63, 3.8) is 0 Å². The molecule has 0 atom stereocenters. The minimum Gasteiger partial charge on any atom is -0.454 e. The van der Waals surface area contributed by atoms with E-state index in [0.717, 1.165) is 45.6 Å². The lowest BCUT2D eigenvalue weighted by Crippen LogP contribution is -2.00. The molecule has 0 fully saturated rings. The van der Waals surface area contributed by atoms with E-state index in [2.05, 4.69) is 15.5 Å². The number of hydrogen-bond acceptors (Lipinski definition) is 6. The number of ether oxygens (including phenoxy) is 2. The molecule has 3 heterocycles. The fraction of sp³-hybridized carbons (Fsp3) is 0.263. The number of nitrogens with zero attached hydrogens (tertiary/aromatic N) is 3. The van der Waals surface area contributed by atoms with Gasteiger partial charge >= 0.3 is 0 Å². The van der Waals surface area contributed by atoms with E-state index < -0.39 is 0 Å². The number of benzene rings is 1. The van der Waals surface area contributed by atoms with Crippen LogP contribution in [0.3, 0.4) is 0 Å². The van der Waals surface area contributed by atoms with Crippen molar-refractivity contribution in [2.24, 2.45) is 0 Å². The number of imidazole rings is 1. The first-order valence-electron chi connectivity index (χ1n) is 8.29. The molecule has 0 saturated carbocycles. The number of rotatable bonds is 5. The van der Waals surface area contributed by atoms with Gasteiger partial charge in [-0.2, -0.15) is 0 Å². The lowest BCUT2D eigenvalue weighted by atomic mass is 10.2. The maximum Gasteiger partial charge on any atom is 0.231 e. The van der Waals surface area contributed by atoms with Crippen molar-refractivity contribution in [2.45, 2.75) is 36.4 Å². The molecule has 0 aliphatic carbocycles. The van der Waals surface area contributed by atoms with Crippen molar-refractivity contribution in [3.8, 4) is 23.8 Å². The maximum absolute atomic E-state index is 6.03. The molecular formula is C19H18N4O2S. The van der Waals surface area contributed by atoms with E-state index in [1.807, 2.05) is 25.1 Å². The fourth-order valence-electron chi connectivity index (χ4n) is 2.92. The SMILES string of the molecule is C#CCCCn1c(Sc2cc3c(cc2C)OCO3)nc2c(N)nccc21. The van der Waals surface area contributed by atoms with E-state index in [9.17, 15) is 0 Å². The summed E-state index contributed by atoms with van der Waals surface area (Å²) in [5.74, 6) is 4.66. The minimum absolute atomic E-state index is 0.260. The molecular weight excluding hydrogens is 348 g/mol. The Labute approximate surface area is 155 Å². The molecule has 1 aliphatic heterocycles. The van der Waals surface area contributed by atoms with Gasteiger partial charge in [-0.1, -0.05) is 11.8 Å². The summed E-state index contributed by atoms with van der Waals surface area (Å²) in [7, 11) is 0. The summed E-state index contributed by atoms with van der Waals surface area (Å²) in [6, 6.07) is 5.92. The number of pyridine rings is 1. The van der Waals surface area contributed by atoms with Crippen molar-refractivity contribution in [3.05, 3.63) is 30.0 Å². The zero-order chi connectivity index (χ0) is 18.1. The summed E-state index contributed by atoms with van der Waals surface area (Å²) in [4.78, 5) is 9.95. The van der Waals surface area contributed by atoms with Crippen molar-refractivity contribution < 1.29 is 9.47 Å². The topological polar surface area (TPSA) is 75.2 Å². The Morgan fingerprint density at radius 3 is 2.96 bits per heavy atom. The zero-order valence-electron chi connectivity index (χ0n) is 14.4. The smallest absolute Gasteiger partial charge is 0.231 e. The van der Waals surface area contributed by atoms with Crippen LogP contribution in [0, 0.1) is 19.3 Å². The number of terminal acetylenes is 1. The van der Waals surface area contributed by atoms with Gasteiger partial charge in [-0.3, -0.25) is 0 Å². The van der Waals surface area contributed by atoms with E-state index in [0.29, 0.717) is 17.8 Å². The summed E-state index contributed by atoms with van der Waals surface area (Å²) < 4.78 is 13.1. The van der Waals surface area contributed by atoms with Gasteiger partial charge in [0.05, 0.1) is 5.52 Å². The van der Waals surface area contributed by atoms with Gasteiger partial charge in [-0.25, -0.2) is 9.97 Å². The first-order chi connectivity index (χ1) is 12.7. The maximum atomic E-state index is 6.03. The number of unbranched alkanes of at least 4 members (excludes halogenated alkanes) is 1. The van der Waals surface area contributed by atoms with Gasteiger partial charge in [-0.15, -0.1) is 12.3 Å². The summed E-state index contributed by atoms with van der Waals surface area (Å²) in [5.41, 5.74) is 8.81. The van der Waals surface area contributed by atoms with Crippen LogP contribution in [-0.4, -0.2) is 21.3 Å².